The lowest BCUT2D eigenvalue weighted by Gasteiger charge is -2.31. The molecule has 0 atom stereocenters. The normalized spacial score (nSPS) is 13.3. The number of halogens is 1. The fourth-order valence-corrected chi connectivity index (χ4v) is 4.90. The van der Waals surface area contributed by atoms with Gasteiger partial charge in [0.15, 0.2) is 0 Å². The Kier molecular flexibility index (Phi) is 7.29. The first-order valence-electron chi connectivity index (χ1n) is 8.76. The van der Waals surface area contributed by atoms with E-state index in [9.17, 15) is 13.2 Å². The van der Waals surface area contributed by atoms with Crippen molar-refractivity contribution in [3.8, 4) is 5.75 Å². The lowest BCUT2D eigenvalue weighted by Crippen LogP contribution is -2.36. The number of anilines is 1. The van der Waals surface area contributed by atoms with Crippen LogP contribution < -0.4 is 20.1 Å². The molecule has 9 heteroatoms. The summed E-state index contributed by atoms with van der Waals surface area (Å²) in [5, 5.41) is 2.65. The van der Waals surface area contributed by atoms with Gasteiger partial charge in [0.05, 0.1) is 12.8 Å². The van der Waals surface area contributed by atoms with Gasteiger partial charge in [0.25, 0.3) is 15.9 Å². The van der Waals surface area contributed by atoms with Crippen LogP contribution in [0.25, 0.3) is 0 Å². The number of aryl methyl sites for hydroxylation is 1. The minimum absolute atomic E-state index is 0. The molecule has 0 radical (unpaired) electrons. The minimum Gasteiger partial charge on any atom is -0.495 e. The molecule has 0 spiro atoms. The molecule has 152 valence electrons. The summed E-state index contributed by atoms with van der Waals surface area (Å²) in [6, 6.07) is 11.9. The summed E-state index contributed by atoms with van der Waals surface area (Å²) < 4.78 is 33.5. The number of sulfonamides is 1. The Labute approximate surface area is 171 Å². The number of carbonyl (C=O) groups is 1. The van der Waals surface area contributed by atoms with E-state index < -0.39 is 10.0 Å². The number of ether oxygens (including phenoxy) is 1. The third-order valence-electron chi connectivity index (χ3n) is 4.49. The van der Waals surface area contributed by atoms with Crippen molar-refractivity contribution in [1.29, 1.82) is 0 Å². The number of rotatable bonds is 6. The number of hydrogen-bond acceptors (Lipinski definition) is 5. The van der Waals surface area contributed by atoms with Gasteiger partial charge in [-0.3, -0.25) is 9.10 Å². The molecule has 1 aliphatic heterocycles. The van der Waals surface area contributed by atoms with Crippen molar-refractivity contribution >= 4 is 34.0 Å². The molecule has 0 bridgehead atoms. The minimum atomic E-state index is -3.89. The molecule has 0 aliphatic carbocycles. The van der Waals surface area contributed by atoms with E-state index in [1.165, 1.54) is 29.6 Å². The molecule has 1 amide bonds. The summed E-state index contributed by atoms with van der Waals surface area (Å²) in [7, 11) is -2.48. The van der Waals surface area contributed by atoms with Crippen LogP contribution >= 0.6 is 12.4 Å². The van der Waals surface area contributed by atoms with Crippen molar-refractivity contribution in [2.75, 3.05) is 31.0 Å². The molecule has 7 nitrogen and oxygen atoms in total. The molecule has 0 saturated heterocycles. The fraction of sp³-hybridized carbons (Fsp3) is 0.316. The van der Waals surface area contributed by atoms with Crippen LogP contribution in [0, 0.1) is 0 Å². The van der Waals surface area contributed by atoms with E-state index >= 15 is 0 Å². The molecule has 0 aromatic heterocycles. The van der Waals surface area contributed by atoms with Gasteiger partial charge in [0.1, 0.15) is 10.6 Å². The molecular weight excluding hydrogens is 402 g/mol. The highest BCUT2D eigenvalue weighted by molar-refractivity contribution is 7.93. The molecule has 2 aromatic rings. The van der Waals surface area contributed by atoms with Crippen LogP contribution in [0.15, 0.2) is 47.4 Å². The lowest BCUT2D eigenvalue weighted by molar-refractivity contribution is 0.0954. The number of para-hydroxylation sites is 1. The van der Waals surface area contributed by atoms with E-state index in [1.807, 2.05) is 18.2 Å². The highest BCUT2D eigenvalue weighted by Gasteiger charge is 2.32. The third-order valence-corrected chi connectivity index (χ3v) is 6.33. The predicted molar refractivity (Wildman–Crippen MR) is 111 cm³/mol. The van der Waals surface area contributed by atoms with Crippen LogP contribution in [-0.4, -0.2) is 41.1 Å². The average Bonchev–Trinajstić information content (AvgIpc) is 2.71. The zero-order valence-corrected chi connectivity index (χ0v) is 17.2. The predicted octanol–water partition coefficient (Wildman–Crippen LogP) is 1.95. The summed E-state index contributed by atoms with van der Waals surface area (Å²) in [5.74, 6) is -0.174. The number of methoxy groups -OCH3 is 1. The molecule has 0 unspecified atom stereocenters. The zero-order chi connectivity index (χ0) is 19.4. The maximum atomic E-state index is 13.4. The average molecular weight is 426 g/mol. The largest absolute Gasteiger partial charge is 0.495 e. The molecule has 3 rings (SSSR count). The fourth-order valence-electron chi connectivity index (χ4n) is 3.17. The lowest BCUT2D eigenvalue weighted by atomic mass is 10.0. The van der Waals surface area contributed by atoms with Crippen molar-refractivity contribution in [3.63, 3.8) is 0 Å². The molecule has 2 aromatic carbocycles. The molecule has 0 fully saturated rings. The number of fused-ring (bicyclic) bond motifs is 1. The van der Waals surface area contributed by atoms with Crippen LogP contribution in [0.3, 0.4) is 0 Å². The van der Waals surface area contributed by atoms with Crippen LogP contribution in [-0.2, 0) is 16.4 Å². The van der Waals surface area contributed by atoms with E-state index in [0.717, 1.165) is 18.4 Å². The first kappa shape index (κ1) is 22.0. The van der Waals surface area contributed by atoms with Crippen molar-refractivity contribution in [2.24, 2.45) is 5.73 Å². The molecular formula is C19H24ClN3O4S. The topological polar surface area (TPSA) is 102 Å². The number of amides is 1. The Bertz CT molecular complexity index is 950. The maximum Gasteiger partial charge on any atom is 0.268 e. The Balaban J connectivity index is 0.00000280. The second-order valence-corrected chi connectivity index (χ2v) is 8.05. The van der Waals surface area contributed by atoms with Crippen LogP contribution in [0.1, 0.15) is 22.3 Å². The van der Waals surface area contributed by atoms with E-state index in [-0.39, 0.29) is 34.5 Å². The summed E-state index contributed by atoms with van der Waals surface area (Å²) in [5.41, 5.74) is 7.31. The second-order valence-electron chi connectivity index (χ2n) is 6.22. The van der Waals surface area contributed by atoms with E-state index in [2.05, 4.69) is 5.32 Å². The number of benzene rings is 2. The molecule has 1 aliphatic rings. The van der Waals surface area contributed by atoms with Gasteiger partial charge >= 0.3 is 0 Å². The van der Waals surface area contributed by atoms with Crippen molar-refractivity contribution in [1.82, 2.24) is 5.32 Å². The van der Waals surface area contributed by atoms with E-state index in [0.29, 0.717) is 25.3 Å². The van der Waals surface area contributed by atoms with Gasteiger partial charge in [-0.2, -0.15) is 0 Å². The van der Waals surface area contributed by atoms with Gasteiger partial charge in [-0.15, -0.1) is 12.4 Å². The van der Waals surface area contributed by atoms with Gasteiger partial charge in [-0.25, -0.2) is 8.42 Å². The highest BCUT2D eigenvalue weighted by atomic mass is 35.5. The summed E-state index contributed by atoms with van der Waals surface area (Å²) >= 11 is 0. The van der Waals surface area contributed by atoms with E-state index in [1.54, 1.807) is 6.07 Å². The first-order valence-corrected chi connectivity index (χ1v) is 10.2. The van der Waals surface area contributed by atoms with Crippen molar-refractivity contribution in [3.05, 3.63) is 53.6 Å². The Morgan fingerprint density at radius 2 is 2.00 bits per heavy atom. The SMILES string of the molecule is COc1ccc(C(=O)NCCN)cc1S(=O)(=O)N1CCCc2ccccc21.Cl. The third kappa shape index (κ3) is 4.24. The van der Waals surface area contributed by atoms with Crippen molar-refractivity contribution in [2.45, 2.75) is 17.7 Å². The molecule has 0 saturated carbocycles. The number of hydrogen-bond donors (Lipinski definition) is 2. The van der Waals surface area contributed by atoms with Gasteiger partial charge < -0.3 is 15.8 Å². The summed E-state index contributed by atoms with van der Waals surface area (Å²) in [4.78, 5) is 12.2. The maximum absolute atomic E-state index is 13.4. The molecule has 28 heavy (non-hydrogen) atoms. The first-order chi connectivity index (χ1) is 13.0. The quantitative estimate of drug-likeness (QED) is 0.736. The second kappa shape index (κ2) is 9.27. The zero-order valence-electron chi connectivity index (χ0n) is 15.6. The summed E-state index contributed by atoms with van der Waals surface area (Å²) in [6.07, 6.45) is 1.57. The number of carbonyl (C=O) groups excluding carboxylic acids is 1. The van der Waals surface area contributed by atoms with Gasteiger partial charge in [0, 0.05) is 25.2 Å². The Morgan fingerprint density at radius 1 is 1.25 bits per heavy atom. The molecule has 1 heterocycles. The van der Waals surface area contributed by atoms with E-state index in [4.69, 9.17) is 10.5 Å². The monoisotopic (exact) mass is 425 g/mol. The van der Waals surface area contributed by atoms with Gasteiger partial charge in [-0.1, -0.05) is 18.2 Å². The number of nitrogens with two attached hydrogens (primary N) is 1. The number of nitrogens with zero attached hydrogens (tertiary/aromatic N) is 1. The smallest absolute Gasteiger partial charge is 0.268 e. The van der Waals surface area contributed by atoms with Crippen LogP contribution in [0.2, 0.25) is 0 Å². The highest BCUT2D eigenvalue weighted by Crippen LogP contribution is 2.35. The number of nitrogens with one attached hydrogen (secondary N) is 1. The Morgan fingerprint density at radius 3 is 2.71 bits per heavy atom. The summed E-state index contributed by atoms with van der Waals surface area (Å²) in [6.45, 7) is 0.996. The Hall–Kier alpha value is -2.29. The van der Waals surface area contributed by atoms with Crippen LogP contribution in [0.4, 0.5) is 5.69 Å². The van der Waals surface area contributed by atoms with Gasteiger partial charge in [-0.05, 0) is 42.7 Å². The van der Waals surface area contributed by atoms with Gasteiger partial charge in [0.2, 0.25) is 0 Å². The van der Waals surface area contributed by atoms with Crippen LogP contribution in [0.5, 0.6) is 5.75 Å². The molecule has 3 N–H and O–H groups in total. The van der Waals surface area contributed by atoms with Crippen molar-refractivity contribution < 1.29 is 17.9 Å². The standard InChI is InChI=1S/C19H23N3O4S.ClH/c1-26-17-9-8-15(19(23)21-11-10-20)13-18(17)27(24,25)22-12-4-6-14-5-2-3-7-16(14)22;/h2-3,5,7-9,13H,4,6,10-12,20H2,1H3,(H,21,23);1H.